The Morgan fingerprint density at radius 1 is 1.15 bits per heavy atom. The quantitative estimate of drug-likeness (QED) is 0.854. The molecule has 0 radical (unpaired) electrons. The van der Waals surface area contributed by atoms with Gasteiger partial charge in [0.15, 0.2) is 0 Å². The molecule has 0 aliphatic carbocycles. The van der Waals surface area contributed by atoms with Crippen LogP contribution in [0.25, 0.3) is 0 Å². The van der Waals surface area contributed by atoms with Gasteiger partial charge >= 0.3 is 0 Å². The zero-order chi connectivity index (χ0) is 19.0. The zero-order valence-corrected chi connectivity index (χ0v) is 16.2. The van der Waals surface area contributed by atoms with E-state index in [1.807, 2.05) is 0 Å². The number of rotatable bonds is 3. The average Bonchev–Trinajstić information content (AvgIpc) is 2.90. The van der Waals surface area contributed by atoms with E-state index in [1.54, 1.807) is 6.92 Å². The molecule has 3 heterocycles. The highest BCUT2D eigenvalue weighted by atomic mass is 32.2. The lowest BCUT2D eigenvalue weighted by atomic mass is 9.97. The fourth-order valence-corrected chi connectivity index (χ4v) is 5.67. The maximum absolute atomic E-state index is 13.3. The van der Waals surface area contributed by atoms with Crippen LogP contribution >= 0.6 is 0 Å². The van der Waals surface area contributed by atoms with Crippen molar-refractivity contribution in [3.8, 4) is 0 Å². The first-order chi connectivity index (χ1) is 13.0. The summed E-state index contributed by atoms with van der Waals surface area (Å²) in [5.74, 6) is 1.77. The van der Waals surface area contributed by atoms with E-state index in [-0.39, 0.29) is 10.8 Å². The van der Waals surface area contributed by atoms with Gasteiger partial charge in [-0.05, 0) is 43.5 Å². The molecule has 0 spiro atoms. The van der Waals surface area contributed by atoms with Gasteiger partial charge in [0, 0.05) is 45.1 Å². The molecule has 0 amide bonds. The lowest BCUT2D eigenvalue weighted by Crippen LogP contribution is -2.38. The van der Waals surface area contributed by atoms with Crippen LogP contribution in [0, 0.1) is 12.7 Å². The minimum Gasteiger partial charge on any atom is -0.315 e. The molecule has 1 saturated heterocycles. The molecule has 2 aliphatic rings. The van der Waals surface area contributed by atoms with Gasteiger partial charge in [0.25, 0.3) is 0 Å². The highest BCUT2D eigenvalue weighted by Crippen LogP contribution is 2.31. The van der Waals surface area contributed by atoms with Crippen LogP contribution in [-0.4, -0.2) is 53.7 Å². The number of nitrogens with zero attached hydrogens (tertiary/aromatic N) is 4. The SMILES string of the molecule is Cc1cc(F)ccc1S(=O)(=O)N1CCC(c2nnc3n2CCNCC3)CC1. The van der Waals surface area contributed by atoms with Crippen molar-refractivity contribution >= 4 is 10.0 Å². The molecule has 0 atom stereocenters. The maximum Gasteiger partial charge on any atom is 0.243 e. The van der Waals surface area contributed by atoms with Gasteiger partial charge in [0.1, 0.15) is 17.5 Å². The van der Waals surface area contributed by atoms with E-state index in [1.165, 1.54) is 22.5 Å². The third kappa shape index (κ3) is 3.51. The van der Waals surface area contributed by atoms with Crippen LogP contribution < -0.4 is 5.32 Å². The summed E-state index contributed by atoms with van der Waals surface area (Å²) in [6.45, 7) is 5.16. The van der Waals surface area contributed by atoms with Crippen LogP contribution in [0.3, 0.4) is 0 Å². The summed E-state index contributed by atoms with van der Waals surface area (Å²) in [6, 6.07) is 3.82. The molecule has 27 heavy (non-hydrogen) atoms. The fraction of sp³-hybridized carbons (Fsp3) is 0.556. The van der Waals surface area contributed by atoms with Crippen LogP contribution in [-0.2, 0) is 23.0 Å². The first-order valence-corrected chi connectivity index (χ1v) is 10.8. The van der Waals surface area contributed by atoms with Crippen LogP contribution in [0.4, 0.5) is 4.39 Å². The molecule has 7 nitrogen and oxygen atoms in total. The summed E-state index contributed by atoms with van der Waals surface area (Å²) < 4.78 is 42.9. The monoisotopic (exact) mass is 393 g/mol. The van der Waals surface area contributed by atoms with Crippen molar-refractivity contribution in [3.63, 3.8) is 0 Å². The van der Waals surface area contributed by atoms with E-state index < -0.39 is 15.8 Å². The third-order valence-electron chi connectivity index (χ3n) is 5.47. The highest BCUT2D eigenvalue weighted by molar-refractivity contribution is 7.89. The number of hydrogen-bond acceptors (Lipinski definition) is 5. The predicted octanol–water partition coefficient (Wildman–Crippen LogP) is 1.44. The summed E-state index contributed by atoms with van der Waals surface area (Å²) >= 11 is 0. The summed E-state index contributed by atoms with van der Waals surface area (Å²) in [6.07, 6.45) is 2.29. The Balaban J connectivity index is 1.50. The van der Waals surface area contributed by atoms with Crippen LogP contribution in [0.15, 0.2) is 23.1 Å². The number of halogens is 1. The van der Waals surface area contributed by atoms with Gasteiger partial charge in [-0.15, -0.1) is 10.2 Å². The second-order valence-electron chi connectivity index (χ2n) is 7.21. The van der Waals surface area contributed by atoms with E-state index in [2.05, 4.69) is 20.1 Å². The number of hydrogen-bond donors (Lipinski definition) is 1. The molecule has 1 fully saturated rings. The molecule has 1 aromatic carbocycles. The molecule has 0 bridgehead atoms. The summed E-state index contributed by atoms with van der Waals surface area (Å²) in [7, 11) is -3.61. The van der Waals surface area contributed by atoms with E-state index >= 15 is 0 Å². The number of sulfonamides is 1. The van der Waals surface area contributed by atoms with Crippen molar-refractivity contribution < 1.29 is 12.8 Å². The van der Waals surface area contributed by atoms with Crippen LogP contribution in [0.2, 0.25) is 0 Å². The van der Waals surface area contributed by atoms with Gasteiger partial charge in [-0.25, -0.2) is 12.8 Å². The molecule has 2 aromatic rings. The largest absolute Gasteiger partial charge is 0.315 e. The van der Waals surface area contributed by atoms with E-state index in [9.17, 15) is 12.8 Å². The second-order valence-corrected chi connectivity index (χ2v) is 9.12. The van der Waals surface area contributed by atoms with Gasteiger partial charge in [-0.3, -0.25) is 0 Å². The van der Waals surface area contributed by atoms with Gasteiger partial charge < -0.3 is 9.88 Å². The normalized spacial score (nSPS) is 19.6. The molecule has 0 saturated carbocycles. The lowest BCUT2D eigenvalue weighted by Gasteiger charge is -2.31. The Morgan fingerprint density at radius 3 is 2.67 bits per heavy atom. The van der Waals surface area contributed by atoms with Gasteiger partial charge in [0.05, 0.1) is 4.90 Å². The second kappa shape index (κ2) is 7.29. The molecule has 1 aromatic heterocycles. The Hall–Kier alpha value is -1.84. The van der Waals surface area contributed by atoms with Crippen molar-refractivity contribution in [3.05, 3.63) is 41.2 Å². The highest BCUT2D eigenvalue weighted by Gasteiger charge is 2.33. The van der Waals surface area contributed by atoms with Crippen LogP contribution in [0.5, 0.6) is 0 Å². The molecule has 0 unspecified atom stereocenters. The molecule has 9 heteroatoms. The molecular weight excluding hydrogens is 369 g/mol. The number of aromatic nitrogens is 3. The van der Waals surface area contributed by atoms with Crippen molar-refractivity contribution in [2.24, 2.45) is 0 Å². The van der Waals surface area contributed by atoms with Crippen molar-refractivity contribution in [1.82, 2.24) is 24.4 Å². The molecule has 146 valence electrons. The lowest BCUT2D eigenvalue weighted by molar-refractivity contribution is 0.308. The average molecular weight is 393 g/mol. The number of fused-ring (bicyclic) bond motifs is 1. The fourth-order valence-electron chi connectivity index (χ4n) is 3.99. The summed E-state index contributed by atoms with van der Waals surface area (Å²) in [5, 5.41) is 12.1. The smallest absolute Gasteiger partial charge is 0.243 e. The number of benzene rings is 1. The van der Waals surface area contributed by atoms with Crippen LogP contribution in [0.1, 0.15) is 36.0 Å². The van der Waals surface area contributed by atoms with Gasteiger partial charge in [0.2, 0.25) is 10.0 Å². The van der Waals surface area contributed by atoms with Gasteiger partial charge in [-0.2, -0.15) is 4.31 Å². The topological polar surface area (TPSA) is 80.1 Å². The summed E-state index contributed by atoms with van der Waals surface area (Å²) in [5.41, 5.74) is 0.437. The minimum absolute atomic E-state index is 0.185. The first kappa shape index (κ1) is 18.5. The third-order valence-corrected chi connectivity index (χ3v) is 7.53. The van der Waals surface area contributed by atoms with E-state index in [0.717, 1.165) is 37.7 Å². The Bertz CT molecular complexity index is 935. The van der Waals surface area contributed by atoms with E-state index in [4.69, 9.17) is 0 Å². The molecule has 1 N–H and O–H groups in total. The maximum atomic E-state index is 13.3. The number of piperidine rings is 1. The van der Waals surface area contributed by atoms with Crippen molar-refractivity contribution in [1.29, 1.82) is 0 Å². The molecule has 4 rings (SSSR count). The Labute approximate surface area is 158 Å². The Morgan fingerprint density at radius 2 is 1.93 bits per heavy atom. The standard InChI is InChI=1S/C18H24FN5O2S/c1-13-12-15(19)2-3-16(13)27(25,26)23-9-5-14(6-10-23)18-22-21-17-4-7-20-8-11-24(17)18/h2-3,12,14,20H,4-11H2,1H3. The van der Waals surface area contributed by atoms with Crippen molar-refractivity contribution in [2.75, 3.05) is 26.2 Å². The summed E-state index contributed by atoms with van der Waals surface area (Å²) in [4.78, 5) is 0.185. The predicted molar refractivity (Wildman–Crippen MR) is 98.5 cm³/mol. The molecule has 2 aliphatic heterocycles. The minimum atomic E-state index is -3.61. The molecular formula is C18H24FN5O2S. The zero-order valence-electron chi connectivity index (χ0n) is 15.4. The van der Waals surface area contributed by atoms with Crippen molar-refractivity contribution in [2.45, 2.75) is 43.5 Å². The first-order valence-electron chi connectivity index (χ1n) is 9.36. The van der Waals surface area contributed by atoms with Gasteiger partial charge in [-0.1, -0.05) is 0 Å². The Kier molecular flexibility index (Phi) is 5.00. The number of aryl methyl sites for hydroxylation is 1. The number of nitrogens with one attached hydrogen (secondary N) is 1. The van der Waals surface area contributed by atoms with E-state index in [0.29, 0.717) is 31.5 Å².